The van der Waals surface area contributed by atoms with Crippen LogP contribution >= 0.6 is 11.6 Å². The van der Waals surface area contributed by atoms with Crippen molar-refractivity contribution >= 4 is 34.2 Å². The molecule has 5 nitrogen and oxygen atoms in total. The van der Waals surface area contributed by atoms with Crippen molar-refractivity contribution in [3.05, 3.63) is 74.0 Å². The van der Waals surface area contributed by atoms with Gasteiger partial charge in [-0.15, -0.1) is 0 Å². The molecule has 8 heteroatoms. The van der Waals surface area contributed by atoms with Gasteiger partial charge >= 0.3 is 5.97 Å². The molecule has 2 heterocycles. The van der Waals surface area contributed by atoms with E-state index in [9.17, 15) is 19.1 Å². The van der Waals surface area contributed by atoms with Crippen molar-refractivity contribution in [2.24, 2.45) is 0 Å². The van der Waals surface area contributed by atoms with Gasteiger partial charge < -0.3 is 14.6 Å². The van der Waals surface area contributed by atoms with E-state index in [4.69, 9.17) is 11.6 Å². The van der Waals surface area contributed by atoms with Crippen molar-refractivity contribution in [2.75, 3.05) is 4.90 Å². The highest BCUT2D eigenvalue weighted by Crippen LogP contribution is 2.41. The summed E-state index contributed by atoms with van der Waals surface area (Å²) in [6, 6.07) is 6.19. The summed E-state index contributed by atoms with van der Waals surface area (Å²) in [6.45, 7) is 0.600. The Labute approximate surface area is 168 Å². The lowest BCUT2D eigenvalue weighted by Gasteiger charge is -2.22. The summed E-state index contributed by atoms with van der Waals surface area (Å²) in [7, 11) is 0. The molecule has 2 aromatic carbocycles. The van der Waals surface area contributed by atoms with Gasteiger partial charge in [0.25, 0.3) is 0 Å². The number of nitrogens with zero attached hydrogens (tertiary/aromatic N) is 2. The van der Waals surface area contributed by atoms with Gasteiger partial charge in [-0.2, -0.15) is 0 Å². The first-order chi connectivity index (χ1) is 13.8. The van der Waals surface area contributed by atoms with E-state index in [1.807, 2.05) is 6.07 Å². The Balaban J connectivity index is 1.73. The third kappa shape index (κ3) is 2.80. The van der Waals surface area contributed by atoms with Gasteiger partial charge in [-0.05, 0) is 42.2 Å². The molecule has 0 saturated heterocycles. The lowest BCUT2D eigenvalue weighted by molar-refractivity contribution is 0.0695. The molecule has 0 amide bonds. The number of fused-ring (bicyclic) bond motifs is 2. The van der Waals surface area contributed by atoms with Gasteiger partial charge in [0.2, 0.25) is 5.43 Å². The van der Waals surface area contributed by atoms with Gasteiger partial charge in [0.15, 0.2) is 5.82 Å². The zero-order chi connectivity index (χ0) is 20.4. The van der Waals surface area contributed by atoms with Crippen LogP contribution in [0.25, 0.3) is 10.9 Å². The smallest absolute Gasteiger partial charge is 0.341 e. The molecular formula is C21H15ClF2N2O3. The Kier molecular flexibility index (Phi) is 3.93. The Morgan fingerprint density at radius 3 is 2.55 bits per heavy atom. The van der Waals surface area contributed by atoms with Crippen LogP contribution in [0.2, 0.25) is 5.02 Å². The number of hydrogen-bond donors (Lipinski definition) is 1. The summed E-state index contributed by atoms with van der Waals surface area (Å²) in [5, 5.41) is 9.62. The fourth-order valence-corrected chi connectivity index (χ4v) is 4.23. The molecule has 5 rings (SSSR count). The van der Waals surface area contributed by atoms with Gasteiger partial charge in [-0.1, -0.05) is 17.7 Å². The van der Waals surface area contributed by atoms with Gasteiger partial charge in [-0.3, -0.25) is 4.79 Å². The number of aromatic carboxylic acids is 1. The number of rotatable bonds is 3. The number of aromatic nitrogens is 1. The summed E-state index contributed by atoms with van der Waals surface area (Å²) in [4.78, 5) is 25.6. The Hall–Kier alpha value is -2.93. The average Bonchev–Trinajstić information content (AvgIpc) is 3.42. The molecular weight excluding hydrogens is 402 g/mol. The first kappa shape index (κ1) is 18.1. The van der Waals surface area contributed by atoms with Crippen LogP contribution in [0.15, 0.2) is 35.3 Å². The van der Waals surface area contributed by atoms with Crippen LogP contribution in [0, 0.1) is 11.6 Å². The number of benzene rings is 2. The normalized spacial score (nSPS) is 15.8. The molecule has 0 bridgehead atoms. The molecule has 3 aromatic rings. The first-order valence-electron chi connectivity index (χ1n) is 9.17. The van der Waals surface area contributed by atoms with Crippen LogP contribution in [-0.2, 0) is 13.1 Å². The Bertz CT molecular complexity index is 1270. The van der Waals surface area contributed by atoms with Crippen LogP contribution < -0.4 is 10.3 Å². The fraction of sp³-hybridized carbons (Fsp3) is 0.238. The molecule has 0 radical (unpaired) electrons. The van der Waals surface area contributed by atoms with Crippen LogP contribution in [-0.4, -0.2) is 15.6 Å². The standard InChI is InChI=1S/C21H15ClF2N2O3/c22-12-2-1-10-7-25(8-11(10)5-12)19-16(23)6-14-18(17(19)24)26(13-3-4-13)9-15(20(14)27)21(28)29/h1-2,5-6,9,13H,3-4,7-8H2,(H,28,29). The van der Waals surface area contributed by atoms with Crippen molar-refractivity contribution in [3.8, 4) is 0 Å². The summed E-state index contributed by atoms with van der Waals surface area (Å²) in [5.41, 5.74) is 0.172. The number of halogens is 3. The Morgan fingerprint density at radius 1 is 1.14 bits per heavy atom. The summed E-state index contributed by atoms with van der Waals surface area (Å²) in [5.74, 6) is -3.15. The van der Waals surface area contributed by atoms with Gasteiger partial charge in [0.1, 0.15) is 17.1 Å². The van der Waals surface area contributed by atoms with E-state index in [1.54, 1.807) is 17.0 Å². The van der Waals surface area contributed by atoms with E-state index >= 15 is 4.39 Å². The largest absolute Gasteiger partial charge is 0.477 e. The minimum absolute atomic E-state index is 0.0483. The molecule has 148 valence electrons. The number of pyridine rings is 1. The number of carbonyl (C=O) groups is 1. The van der Waals surface area contributed by atoms with Gasteiger partial charge in [0, 0.05) is 30.4 Å². The van der Waals surface area contributed by atoms with Crippen LogP contribution in [0.5, 0.6) is 0 Å². The lowest BCUT2D eigenvalue weighted by atomic mass is 10.1. The summed E-state index contributed by atoms with van der Waals surface area (Å²) >= 11 is 6.03. The van der Waals surface area contributed by atoms with Crippen molar-refractivity contribution in [2.45, 2.75) is 32.0 Å². The van der Waals surface area contributed by atoms with Crippen LogP contribution in [0.4, 0.5) is 14.5 Å². The molecule has 0 spiro atoms. The highest BCUT2D eigenvalue weighted by atomic mass is 35.5. The topological polar surface area (TPSA) is 62.5 Å². The molecule has 1 saturated carbocycles. The minimum atomic E-state index is -1.41. The van der Waals surface area contributed by atoms with Gasteiger partial charge in [0.05, 0.1) is 10.9 Å². The highest BCUT2D eigenvalue weighted by Gasteiger charge is 2.32. The number of carboxylic acids is 1. The molecule has 29 heavy (non-hydrogen) atoms. The zero-order valence-corrected chi connectivity index (χ0v) is 15.8. The van der Waals surface area contributed by atoms with Crippen molar-refractivity contribution < 1.29 is 18.7 Å². The second kappa shape index (κ2) is 6.29. The van der Waals surface area contributed by atoms with E-state index in [2.05, 4.69) is 0 Å². The zero-order valence-electron chi connectivity index (χ0n) is 15.1. The fourth-order valence-electron chi connectivity index (χ4n) is 4.04. The SMILES string of the molecule is O=C(O)c1cn(C2CC2)c2c(F)c(N3Cc4ccc(Cl)cc4C3)c(F)cc2c1=O. The van der Waals surface area contributed by atoms with Crippen molar-refractivity contribution in [3.63, 3.8) is 0 Å². The maximum Gasteiger partial charge on any atom is 0.341 e. The molecule has 1 aliphatic carbocycles. The van der Waals surface area contributed by atoms with Crippen LogP contribution in [0.1, 0.15) is 40.4 Å². The summed E-state index contributed by atoms with van der Waals surface area (Å²) in [6.07, 6.45) is 2.67. The third-order valence-corrected chi connectivity index (χ3v) is 5.80. The monoisotopic (exact) mass is 416 g/mol. The van der Waals surface area contributed by atoms with E-state index in [0.29, 0.717) is 11.6 Å². The van der Waals surface area contributed by atoms with Gasteiger partial charge in [-0.25, -0.2) is 13.6 Å². The predicted molar refractivity (Wildman–Crippen MR) is 105 cm³/mol. The Morgan fingerprint density at radius 2 is 1.86 bits per heavy atom. The number of carboxylic acid groups (broad SMARTS) is 1. The first-order valence-corrected chi connectivity index (χ1v) is 9.55. The predicted octanol–water partition coefficient (Wildman–Crippen LogP) is 4.49. The summed E-state index contributed by atoms with van der Waals surface area (Å²) < 4.78 is 32.1. The molecule has 0 unspecified atom stereocenters. The average molecular weight is 417 g/mol. The van der Waals surface area contributed by atoms with Crippen molar-refractivity contribution in [1.29, 1.82) is 0 Å². The molecule has 1 fully saturated rings. The van der Waals surface area contributed by atoms with Crippen molar-refractivity contribution in [1.82, 2.24) is 4.57 Å². The quantitative estimate of drug-likeness (QED) is 0.683. The molecule has 1 aromatic heterocycles. The number of hydrogen-bond acceptors (Lipinski definition) is 3. The maximum absolute atomic E-state index is 15.6. The second-order valence-electron chi connectivity index (χ2n) is 7.50. The molecule has 2 aliphatic rings. The highest BCUT2D eigenvalue weighted by molar-refractivity contribution is 6.30. The van der Waals surface area contributed by atoms with Crippen LogP contribution in [0.3, 0.4) is 0 Å². The second-order valence-corrected chi connectivity index (χ2v) is 7.94. The molecule has 0 atom stereocenters. The van der Waals surface area contributed by atoms with E-state index in [1.165, 1.54) is 10.8 Å². The molecule has 1 aliphatic heterocycles. The minimum Gasteiger partial charge on any atom is -0.477 e. The molecule has 1 N–H and O–H groups in total. The van der Waals surface area contributed by atoms with E-state index < -0.39 is 28.6 Å². The third-order valence-electron chi connectivity index (χ3n) is 5.56. The van der Waals surface area contributed by atoms with E-state index in [-0.39, 0.29) is 29.2 Å². The maximum atomic E-state index is 15.6. The van der Waals surface area contributed by atoms with E-state index in [0.717, 1.165) is 30.0 Å². The number of anilines is 1. The lowest BCUT2D eigenvalue weighted by Crippen LogP contribution is -2.22.